The Morgan fingerprint density at radius 2 is 2.07 bits per heavy atom. The van der Waals surface area contributed by atoms with Crippen molar-refractivity contribution in [3.05, 3.63) is 39.9 Å². The first-order valence-electron chi connectivity index (χ1n) is 8.82. The number of ether oxygens (including phenoxy) is 1. The number of nitrogens with zero attached hydrogens (tertiary/aromatic N) is 1. The number of non-ortho nitro benzene ring substituents is 1. The number of aliphatic carboxylic acids is 1. The summed E-state index contributed by atoms with van der Waals surface area (Å²) >= 11 is 1.96. The van der Waals surface area contributed by atoms with Crippen LogP contribution in [0.1, 0.15) is 24.8 Å². The molecule has 1 amide bonds. The first-order chi connectivity index (χ1) is 13.4. The largest absolute Gasteiger partial charge is 0.480 e. The van der Waals surface area contributed by atoms with Gasteiger partial charge in [-0.15, -0.1) is 11.8 Å². The van der Waals surface area contributed by atoms with E-state index in [-0.39, 0.29) is 18.7 Å². The number of amides is 1. The average molecular weight is 414 g/mol. The molecule has 28 heavy (non-hydrogen) atoms. The van der Waals surface area contributed by atoms with Gasteiger partial charge in [0.1, 0.15) is 12.6 Å². The Balaban J connectivity index is 0.000000674. The Morgan fingerprint density at radius 1 is 1.36 bits per heavy atom. The Labute approximate surface area is 167 Å². The molecule has 0 aromatic heterocycles. The van der Waals surface area contributed by atoms with E-state index in [2.05, 4.69) is 10.6 Å². The molecule has 0 spiro atoms. The monoisotopic (exact) mass is 414 g/mol. The molecule has 11 heteroatoms. The van der Waals surface area contributed by atoms with Gasteiger partial charge in [-0.05, 0) is 43.5 Å². The van der Waals surface area contributed by atoms with Crippen LogP contribution in [0.3, 0.4) is 0 Å². The van der Waals surface area contributed by atoms with Crippen molar-refractivity contribution in [3.8, 4) is 0 Å². The zero-order valence-corrected chi connectivity index (χ0v) is 16.3. The van der Waals surface area contributed by atoms with E-state index >= 15 is 0 Å². The lowest BCUT2D eigenvalue weighted by molar-refractivity contribution is -0.384. The van der Waals surface area contributed by atoms with Gasteiger partial charge in [0.15, 0.2) is 0 Å². The molecule has 5 N–H and O–H groups in total. The molecule has 156 valence electrons. The summed E-state index contributed by atoms with van der Waals surface area (Å²) in [5, 5.41) is 25.0. The number of alkyl carbamates (subject to hydrolysis) is 1. The topological polar surface area (TPSA) is 157 Å². The van der Waals surface area contributed by atoms with Gasteiger partial charge >= 0.3 is 12.1 Å². The molecule has 1 aliphatic rings. The summed E-state index contributed by atoms with van der Waals surface area (Å²) < 4.78 is 4.91. The van der Waals surface area contributed by atoms with Crippen molar-refractivity contribution >= 4 is 29.5 Å². The van der Waals surface area contributed by atoms with Gasteiger partial charge in [0.05, 0.1) is 4.92 Å². The van der Waals surface area contributed by atoms with Crippen LogP contribution in [0.5, 0.6) is 0 Å². The van der Waals surface area contributed by atoms with Crippen LogP contribution in [0.25, 0.3) is 0 Å². The summed E-state index contributed by atoms with van der Waals surface area (Å²) in [6, 6.07) is 4.47. The smallest absolute Gasteiger partial charge is 0.408 e. The number of nitrogens with one attached hydrogen (secondary N) is 2. The Kier molecular flexibility index (Phi) is 11.6. The van der Waals surface area contributed by atoms with Gasteiger partial charge in [0.2, 0.25) is 0 Å². The molecule has 10 nitrogen and oxygen atoms in total. The van der Waals surface area contributed by atoms with Gasteiger partial charge in [-0.1, -0.05) is 0 Å². The number of unbranched alkanes of at least 4 members (excludes halogenated alkanes) is 1. The molecule has 0 bridgehead atoms. The van der Waals surface area contributed by atoms with Crippen LogP contribution in [0.4, 0.5) is 10.5 Å². The number of nitro benzene ring substituents is 1. The number of benzene rings is 1. The van der Waals surface area contributed by atoms with Gasteiger partial charge in [-0.2, -0.15) is 0 Å². The Bertz CT molecular complexity index is 617. The number of nitrogens with two attached hydrogens (primary N) is 1. The van der Waals surface area contributed by atoms with Gasteiger partial charge < -0.3 is 26.2 Å². The molecule has 1 aliphatic heterocycles. The Morgan fingerprint density at radius 3 is 2.54 bits per heavy atom. The highest BCUT2D eigenvalue weighted by Crippen LogP contribution is 2.12. The lowest BCUT2D eigenvalue weighted by atomic mass is 10.1. The SMILES string of the molecule is C1CSCN1.NCCCC[C@H](NC(=O)OCc1ccc([N+](=O)[O-])cc1)C(=O)O. The van der Waals surface area contributed by atoms with Crippen molar-refractivity contribution in [2.24, 2.45) is 5.73 Å². The van der Waals surface area contributed by atoms with Gasteiger partial charge in [-0.3, -0.25) is 10.1 Å². The third kappa shape index (κ3) is 10.1. The van der Waals surface area contributed by atoms with Gasteiger partial charge in [0.25, 0.3) is 5.69 Å². The number of carboxylic acid groups (broad SMARTS) is 1. The maximum atomic E-state index is 11.6. The van der Waals surface area contributed by atoms with E-state index in [4.69, 9.17) is 15.6 Å². The van der Waals surface area contributed by atoms with E-state index in [0.717, 1.165) is 0 Å². The number of carbonyl (C=O) groups is 2. The van der Waals surface area contributed by atoms with Crippen LogP contribution in [-0.2, 0) is 16.1 Å². The number of thioether (sulfide) groups is 1. The zero-order valence-electron chi connectivity index (χ0n) is 15.5. The average Bonchev–Trinajstić information content (AvgIpc) is 3.26. The molecule has 1 aromatic carbocycles. The summed E-state index contributed by atoms with van der Waals surface area (Å²) in [6.45, 7) is 1.56. The summed E-state index contributed by atoms with van der Waals surface area (Å²) in [4.78, 5) is 32.6. The third-order valence-electron chi connectivity index (χ3n) is 3.68. The minimum Gasteiger partial charge on any atom is -0.480 e. The predicted molar refractivity (Wildman–Crippen MR) is 106 cm³/mol. The minimum atomic E-state index is -1.14. The lowest BCUT2D eigenvalue weighted by Crippen LogP contribution is -2.41. The first kappa shape index (κ1) is 23.7. The van der Waals surface area contributed by atoms with Gasteiger partial charge in [-0.25, -0.2) is 9.59 Å². The maximum Gasteiger partial charge on any atom is 0.408 e. The highest BCUT2D eigenvalue weighted by atomic mass is 32.2. The fourth-order valence-corrected chi connectivity index (χ4v) is 2.88. The highest BCUT2D eigenvalue weighted by molar-refractivity contribution is 7.99. The first-order valence-corrected chi connectivity index (χ1v) is 9.97. The van der Waals surface area contributed by atoms with Crippen molar-refractivity contribution in [2.45, 2.75) is 31.9 Å². The van der Waals surface area contributed by atoms with Crippen molar-refractivity contribution in [2.75, 3.05) is 24.7 Å². The molecule has 0 unspecified atom stereocenters. The third-order valence-corrected chi connectivity index (χ3v) is 4.58. The fraction of sp³-hybridized carbons (Fsp3) is 0.529. The van der Waals surface area contributed by atoms with Crippen molar-refractivity contribution in [3.63, 3.8) is 0 Å². The predicted octanol–water partition coefficient (Wildman–Crippen LogP) is 1.68. The molecule has 2 rings (SSSR count). The summed E-state index contributed by atoms with van der Waals surface area (Å²) in [6.07, 6.45) is 0.655. The lowest BCUT2D eigenvalue weighted by Gasteiger charge is -2.14. The molecule has 0 aliphatic carbocycles. The van der Waals surface area contributed by atoms with Crippen LogP contribution in [0, 0.1) is 10.1 Å². The molecular formula is C17H26N4O6S. The van der Waals surface area contributed by atoms with Crippen LogP contribution in [0.2, 0.25) is 0 Å². The standard InChI is InChI=1S/C14H19N3O6.C3H7NS/c15-8-2-1-3-12(13(18)19)16-14(20)23-9-10-4-6-11(7-5-10)17(21)22;1-2-5-3-4-1/h4-7,12H,1-3,8-9,15H2,(H,16,20)(H,18,19);4H,1-3H2/t12-;/m0./s1. The van der Waals surface area contributed by atoms with E-state index in [0.29, 0.717) is 24.9 Å². The summed E-state index contributed by atoms with van der Waals surface area (Å²) in [5.41, 5.74) is 5.82. The van der Waals surface area contributed by atoms with E-state index in [1.807, 2.05) is 11.8 Å². The van der Waals surface area contributed by atoms with Crippen molar-refractivity contribution in [1.82, 2.24) is 10.6 Å². The van der Waals surface area contributed by atoms with E-state index in [1.54, 1.807) is 0 Å². The highest BCUT2D eigenvalue weighted by Gasteiger charge is 2.20. The van der Waals surface area contributed by atoms with Gasteiger partial charge in [0, 0.05) is 30.3 Å². The Hall–Kier alpha value is -2.37. The van der Waals surface area contributed by atoms with Crippen LogP contribution < -0.4 is 16.4 Å². The zero-order chi connectivity index (χ0) is 20.8. The molecule has 1 heterocycles. The second-order valence-electron chi connectivity index (χ2n) is 5.87. The second-order valence-corrected chi connectivity index (χ2v) is 6.98. The normalized spacial score (nSPS) is 13.8. The number of hydrogen-bond donors (Lipinski definition) is 4. The second kappa shape index (κ2) is 13.7. The molecule has 1 saturated heterocycles. The minimum absolute atomic E-state index is 0.0657. The molecular weight excluding hydrogens is 388 g/mol. The molecule has 0 saturated carbocycles. The maximum absolute atomic E-state index is 11.6. The number of carbonyl (C=O) groups excluding carboxylic acids is 1. The number of hydrogen-bond acceptors (Lipinski definition) is 8. The molecule has 0 radical (unpaired) electrons. The quantitative estimate of drug-likeness (QED) is 0.268. The fourth-order valence-electron chi connectivity index (χ4n) is 2.16. The van der Waals surface area contributed by atoms with E-state index in [1.165, 1.54) is 42.4 Å². The summed E-state index contributed by atoms with van der Waals surface area (Å²) in [7, 11) is 0. The van der Waals surface area contributed by atoms with Crippen LogP contribution >= 0.6 is 11.8 Å². The molecule has 1 aromatic rings. The number of nitro groups is 1. The number of carboxylic acids is 1. The van der Waals surface area contributed by atoms with Crippen LogP contribution in [-0.4, -0.2) is 52.9 Å². The van der Waals surface area contributed by atoms with Crippen molar-refractivity contribution in [1.29, 1.82) is 0 Å². The molecule has 1 atom stereocenters. The van der Waals surface area contributed by atoms with Crippen molar-refractivity contribution < 1.29 is 24.4 Å². The summed E-state index contributed by atoms with van der Waals surface area (Å²) in [5.74, 6) is 1.33. The molecule has 1 fully saturated rings. The van der Waals surface area contributed by atoms with E-state index < -0.39 is 23.0 Å². The number of rotatable bonds is 9. The van der Waals surface area contributed by atoms with Crippen LogP contribution in [0.15, 0.2) is 24.3 Å². The van der Waals surface area contributed by atoms with E-state index in [9.17, 15) is 19.7 Å².